The van der Waals surface area contributed by atoms with E-state index in [9.17, 15) is 0 Å². The van der Waals surface area contributed by atoms with Gasteiger partial charge in [0.25, 0.3) is 0 Å². The summed E-state index contributed by atoms with van der Waals surface area (Å²) in [4.78, 5) is 0. The molecule has 0 rings (SSSR count). The zero-order valence-electron chi connectivity index (χ0n) is 13.3. The molecule has 0 amide bonds. The lowest BCUT2D eigenvalue weighted by Gasteiger charge is -1.99. The molecule has 1 nitrogen and oxygen atoms in total. The largest absolute Gasteiger partial charge is 0.385 e. The zero-order valence-corrected chi connectivity index (χ0v) is 13.3. The number of hydrogen-bond acceptors (Lipinski definition) is 1. The summed E-state index contributed by atoms with van der Waals surface area (Å²) in [6.45, 7) is 18.4. The molecule has 102 valence electrons. The summed E-state index contributed by atoms with van der Waals surface area (Å²) in [7, 11) is 1.74. The van der Waals surface area contributed by atoms with Gasteiger partial charge in [-0.2, -0.15) is 0 Å². The Morgan fingerprint density at radius 3 is 1.19 bits per heavy atom. The Morgan fingerprint density at radius 2 is 1.12 bits per heavy atom. The molecule has 0 spiro atoms. The maximum absolute atomic E-state index is 4.85. The third-order valence-corrected chi connectivity index (χ3v) is 1.72. The van der Waals surface area contributed by atoms with E-state index in [4.69, 9.17) is 4.74 Å². The Labute approximate surface area is 105 Å². The van der Waals surface area contributed by atoms with Crippen molar-refractivity contribution in [3.05, 3.63) is 0 Å². The molecule has 0 aromatic carbocycles. The van der Waals surface area contributed by atoms with Crippen LogP contribution in [0, 0.1) is 17.8 Å². The molecule has 1 heteroatoms. The van der Waals surface area contributed by atoms with Gasteiger partial charge in [-0.3, -0.25) is 0 Å². The monoisotopic (exact) mass is 232 g/mol. The first-order chi connectivity index (χ1) is 7.27. The van der Waals surface area contributed by atoms with Crippen molar-refractivity contribution in [2.24, 2.45) is 17.8 Å². The van der Waals surface area contributed by atoms with Crippen LogP contribution in [0.25, 0.3) is 0 Å². The summed E-state index contributed by atoms with van der Waals surface area (Å²) in [6.07, 6.45) is 2.48. The molecular formula is C15H36O. The van der Waals surface area contributed by atoms with Gasteiger partial charge in [-0.25, -0.2) is 0 Å². The maximum Gasteiger partial charge on any atom is 0.0464 e. The predicted molar refractivity (Wildman–Crippen MR) is 77.0 cm³/mol. The highest BCUT2D eigenvalue weighted by Gasteiger charge is 1.89. The quantitative estimate of drug-likeness (QED) is 0.631. The third-order valence-electron chi connectivity index (χ3n) is 1.72. The fourth-order valence-corrected chi connectivity index (χ4v) is 0.354. The van der Waals surface area contributed by atoms with E-state index in [1.807, 2.05) is 0 Å². The van der Waals surface area contributed by atoms with Crippen LogP contribution in [0.15, 0.2) is 0 Å². The van der Waals surface area contributed by atoms with E-state index >= 15 is 0 Å². The minimum Gasteiger partial charge on any atom is -0.385 e. The zero-order chi connectivity index (χ0) is 13.6. The summed E-state index contributed by atoms with van der Waals surface area (Å²) in [6, 6.07) is 0. The van der Waals surface area contributed by atoms with Crippen molar-refractivity contribution in [3.63, 3.8) is 0 Å². The molecule has 0 fully saturated rings. The Morgan fingerprint density at radius 1 is 0.812 bits per heavy atom. The lowest BCUT2D eigenvalue weighted by atomic mass is 10.1. The molecule has 0 atom stereocenters. The van der Waals surface area contributed by atoms with Crippen LogP contribution in [-0.2, 0) is 4.74 Å². The van der Waals surface area contributed by atoms with E-state index in [1.165, 1.54) is 12.8 Å². The lowest BCUT2D eigenvalue weighted by Crippen LogP contribution is -1.93. The topological polar surface area (TPSA) is 9.23 Å². The number of methoxy groups -OCH3 is 1. The molecule has 0 bridgehead atoms. The standard InChI is InChI=1S/C6H14O.C5H12.C4H10/c1-6(2)4-5-7-3;1-4-5(2)3;1-4(2)3/h6H,4-5H2,1-3H3;5H,4H2,1-3H3;4H,1-3H3. The van der Waals surface area contributed by atoms with Crippen molar-refractivity contribution in [1.82, 2.24) is 0 Å². The van der Waals surface area contributed by atoms with E-state index in [-0.39, 0.29) is 0 Å². The molecule has 0 aliphatic heterocycles. The first kappa shape index (κ1) is 21.3. The van der Waals surface area contributed by atoms with Gasteiger partial charge in [0.1, 0.15) is 0 Å². The van der Waals surface area contributed by atoms with Crippen LogP contribution in [-0.4, -0.2) is 13.7 Å². The van der Waals surface area contributed by atoms with Crippen LogP contribution in [0.1, 0.15) is 68.2 Å². The Bertz CT molecular complexity index is 92.9. The second-order valence-electron chi connectivity index (χ2n) is 5.71. The van der Waals surface area contributed by atoms with Gasteiger partial charge in [0.2, 0.25) is 0 Å². The number of ether oxygens (including phenoxy) is 1. The van der Waals surface area contributed by atoms with Crippen LogP contribution >= 0.6 is 0 Å². The molecule has 0 radical (unpaired) electrons. The smallest absolute Gasteiger partial charge is 0.0464 e. The second kappa shape index (κ2) is 17.4. The van der Waals surface area contributed by atoms with Gasteiger partial charge in [-0.1, -0.05) is 61.8 Å². The van der Waals surface area contributed by atoms with E-state index in [0.29, 0.717) is 0 Å². The van der Waals surface area contributed by atoms with Gasteiger partial charge in [0, 0.05) is 13.7 Å². The average Bonchev–Trinajstić information content (AvgIpc) is 2.14. The summed E-state index contributed by atoms with van der Waals surface area (Å²) in [5, 5.41) is 0. The molecule has 0 heterocycles. The Hall–Kier alpha value is -0.0400. The molecule has 16 heavy (non-hydrogen) atoms. The van der Waals surface area contributed by atoms with Crippen LogP contribution in [0.2, 0.25) is 0 Å². The van der Waals surface area contributed by atoms with Gasteiger partial charge in [0.05, 0.1) is 0 Å². The van der Waals surface area contributed by atoms with Crippen molar-refractivity contribution in [2.75, 3.05) is 13.7 Å². The molecular weight excluding hydrogens is 196 g/mol. The second-order valence-corrected chi connectivity index (χ2v) is 5.71. The SMILES string of the molecule is CC(C)C.CCC(C)C.COCCC(C)C. The van der Waals surface area contributed by atoms with Crippen LogP contribution in [0.5, 0.6) is 0 Å². The minimum atomic E-state index is 0.778. The fourth-order valence-electron chi connectivity index (χ4n) is 0.354. The first-order valence-electron chi connectivity index (χ1n) is 6.76. The van der Waals surface area contributed by atoms with Gasteiger partial charge in [-0.15, -0.1) is 0 Å². The third kappa shape index (κ3) is 66.0. The summed E-state index contributed by atoms with van der Waals surface area (Å²) in [5.41, 5.74) is 0. The highest BCUT2D eigenvalue weighted by molar-refractivity contribution is 4.40. The molecule has 0 aromatic rings. The molecule has 0 aliphatic rings. The maximum atomic E-state index is 4.85. The van der Waals surface area contributed by atoms with Gasteiger partial charge in [0.15, 0.2) is 0 Å². The molecule has 0 aliphatic carbocycles. The molecule has 0 unspecified atom stereocenters. The van der Waals surface area contributed by atoms with Crippen molar-refractivity contribution < 1.29 is 4.74 Å². The van der Waals surface area contributed by atoms with Gasteiger partial charge >= 0.3 is 0 Å². The van der Waals surface area contributed by atoms with E-state index in [2.05, 4.69) is 55.4 Å². The molecule has 0 saturated carbocycles. The van der Waals surface area contributed by atoms with Crippen molar-refractivity contribution >= 4 is 0 Å². The van der Waals surface area contributed by atoms with E-state index in [0.717, 1.165) is 24.4 Å². The minimum absolute atomic E-state index is 0.778. The lowest BCUT2D eigenvalue weighted by molar-refractivity contribution is 0.183. The first-order valence-corrected chi connectivity index (χ1v) is 6.76. The van der Waals surface area contributed by atoms with Crippen LogP contribution in [0.4, 0.5) is 0 Å². The van der Waals surface area contributed by atoms with Crippen molar-refractivity contribution in [3.8, 4) is 0 Å². The highest BCUT2D eigenvalue weighted by atomic mass is 16.5. The number of rotatable bonds is 4. The van der Waals surface area contributed by atoms with E-state index < -0.39 is 0 Å². The van der Waals surface area contributed by atoms with Crippen LogP contribution < -0.4 is 0 Å². The number of hydrogen-bond donors (Lipinski definition) is 0. The fraction of sp³-hybridized carbons (Fsp3) is 1.00. The average molecular weight is 232 g/mol. The van der Waals surface area contributed by atoms with Crippen molar-refractivity contribution in [2.45, 2.75) is 68.2 Å². The summed E-state index contributed by atoms with van der Waals surface area (Å²) < 4.78 is 4.85. The Balaban J connectivity index is -0.000000166. The molecule has 0 aromatic heterocycles. The van der Waals surface area contributed by atoms with Crippen LogP contribution in [0.3, 0.4) is 0 Å². The predicted octanol–water partition coefficient (Wildman–Crippen LogP) is 5.39. The molecule has 0 N–H and O–H groups in total. The van der Waals surface area contributed by atoms with E-state index in [1.54, 1.807) is 7.11 Å². The highest BCUT2D eigenvalue weighted by Crippen LogP contribution is 1.97. The summed E-state index contributed by atoms with van der Waals surface area (Å²) in [5.74, 6) is 2.50. The van der Waals surface area contributed by atoms with Crippen molar-refractivity contribution in [1.29, 1.82) is 0 Å². The normalized spacial score (nSPS) is 9.75. The van der Waals surface area contributed by atoms with Gasteiger partial charge < -0.3 is 4.74 Å². The summed E-state index contributed by atoms with van der Waals surface area (Å²) >= 11 is 0. The molecule has 0 saturated heterocycles. The van der Waals surface area contributed by atoms with Gasteiger partial charge in [-0.05, 0) is 24.2 Å². The Kier molecular flexibility index (Phi) is 23.1.